The van der Waals surface area contributed by atoms with E-state index < -0.39 is 0 Å². The molecule has 2 N–H and O–H groups in total. The van der Waals surface area contributed by atoms with Gasteiger partial charge in [0.15, 0.2) is 0 Å². The largest absolute Gasteiger partial charge is 0.330 e. The van der Waals surface area contributed by atoms with Crippen molar-refractivity contribution in [2.24, 2.45) is 30.5 Å². The lowest BCUT2D eigenvalue weighted by atomic mass is 9.72. The summed E-state index contributed by atoms with van der Waals surface area (Å²) in [5.41, 5.74) is 7.24. The van der Waals surface area contributed by atoms with Gasteiger partial charge in [0.05, 0.1) is 6.20 Å². The first-order valence-electron chi connectivity index (χ1n) is 6.36. The second kappa shape index (κ2) is 5.00. The molecule has 0 aromatic carbocycles. The molecule has 2 rings (SSSR count). The Bertz CT molecular complexity index is 332. The van der Waals surface area contributed by atoms with E-state index in [0.29, 0.717) is 0 Å². The third kappa shape index (κ3) is 2.64. The van der Waals surface area contributed by atoms with Crippen LogP contribution in [-0.4, -0.2) is 16.3 Å². The summed E-state index contributed by atoms with van der Waals surface area (Å²) in [6.07, 6.45) is 9.27. The Hall–Kier alpha value is -0.830. The van der Waals surface area contributed by atoms with Crippen molar-refractivity contribution in [1.29, 1.82) is 0 Å². The van der Waals surface area contributed by atoms with E-state index in [1.165, 1.54) is 24.8 Å². The quantitative estimate of drug-likeness (QED) is 0.848. The Morgan fingerprint density at radius 2 is 2.25 bits per heavy atom. The van der Waals surface area contributed by atoms with E-state index in [1.807, 2.05) is 17.9 Å². The maximum absolute atomic E-state index is 5.88. The van der Waals surface area contributed by atoms with Crippen LogP contribution in [0.1, 0.15) is 31.7 Å². The minimum absolute atomic E-state index is 0.719. The second-order valence-electron chi connectivity index (χ2n) is 5.40. The summed E-state index contributed by atoms with van der Waals surface area (Å²) in [7, 11) is 1.98. The van der Waals surface area contributed by atoms with Gasteiger partial charge < -0.3 is 5.73 Å². The molecule has 0 spiro atoms. The topological polar surface area (TPSA) is 43.8 Å². The van der Waals surface area contributed by atoms with Crippen molar-refractivity contribution in [3.8, 4) is 0 Å². The van der Waals surface area contributed by atoms with Crippen LogP contribution in [0, 0.1) is 17.8 Å². The molecule has 1 aromatic rings. The zero-order valence-electron chi connectivity index (χ0n) is 10.4. The van der Waals surface area contributed by atoms with Crippen LogP contribution in [0.2, 0.25) is 0 Å². The Morgan fingerprint density at radius 3 is 2.88 bits per heavy atom. The molecule has 0 radical (unpaired) electrons. The van der Waals surface area contributed by atoms with Crippen molar-refractivity contribution in [2.75, 3.05) is 6.54 Å². The monoisotopic (exact) mass is 221 g/mol. The van der Waals surface area contributed by atoms with Gasteiger partial charge in [0.1, 0.15) is 0 Å². The smallest absolute Gasteiger partial charge is 0.0521 e. The van der Waals surface area contributed by atoms with Gasteiger partial charge >= 0.3 is 0 Å². The fraction of sp³-hybridized carbons (Fsp3) is 0.769. The van der Waals surface area contributed by atoms with Crippen LogP contribution in [-0.2, 0) is 13.5 Å². The van der Waals surface area contributed by atoms with E-state index in [1.54, 1.807) is 0 Å². The Kier molecular flexibility index (Phi) is 3.64. The SMILES string of the molecule is CC1CCC(CN)C(Cc2cnn(C)c2)C1. The maximum atomic E-state index is 5.88. The zero-order chi connectivity index (χ0) is 11.5. The van der Waals surface area contributed by atoms with E-state index >= 15 is 0 Å². The summed E-state index contributed by atoms with van der Waals surface area (Å²) < 4.78 is 1.89. The molecule has 1 saturated carbocycles. The molecule has 0 saturated heterocycles. The molecule has 0 amide bonds. The summed E-state index contributed by atoms with van der Waals surface area (Å²) in [6.45, 7) is 3.21. The van der Waals surface area contributed by atoms with E-state index in [2.05, 4.69) is 18.2 Å². The standard InChI is InChI=1S/C13H23N3/c1-10-3-4-12(7-14)13(5-10)6-11-8-15-16(2)9-11/h8-10,12-13H,3-7,14H2,1-2H3. The molecule has 16 heavy (non-hydrogen) atoms. The van der Waals surface area contributed by atoms with Crippen molar-refractivity contribution in [3.63, 3.8) is 0 Å². The highest BCUT2D eigenvalue weighted by Crippen LogP contribution is 2.35. The molecule has 1 aliphatic rings. The zero-order valence-corrected chi connectivity index (χ0v) is 10.4. The summed E-state index contributed by atoms with van der Waals surface area (Å²) in [4.78, 5) is 0. The Morgan fingerprint density at radius 1 is 1.44 bits per heavy atom. The van der Waals surface area contributed by atoms with Gasteiger partial charge in [-0.05, 0) is 49.1 Å². The molecule has 3 nitrogen and oxygen atoms in total. The van der Waals surface area contributed by atoms with Gasteiger partial charge in [-0.1, -0.05) is 13.3 Å². The van der Waals surface area contributed by atoms with Crippen molar-refractivity contribution in [1.82, 2.24) is 9.78 Å². The van der Waals surface area contributed by atoms with Gasteiger partial charge in [0.2, 0.25) is 0 Å². The van der Waals surface area contributed by atoms with Gasteiger partial charge in [-0.2, -0.15) is 5.10 Å². The number of hydrogen-bond donors (Lipinski definition) is 1. The normalized spacial score (nSPS) is 30.6. The predicted octanol–water partition coefficient (Wildman–Crippen LogP) is 1.97. The third-order valence-corrected chi connectivity index (χ3v) is 3.96. The number of aromatic nitrogens is 2. The maximum Gasteiger partial charge on any atom is 0.0521 e. The van der Waals surface area contributed by atoms with Gasteiger partial charge in [-0.15, -0.1) is 0 Å². The fourth-order valence-electron chi connectivity index (χ4n) is 3.00. The first-order chi connectivity index (χ1) is 7.69. The highest BCUT2D eigenvalue weighted by molar-refractivity contribution is 5.05. The second-order valence-corrected chi connectivity index (χ2v) is 5.40. The van der Waals surface area contributed by atoms with Crippen LogP contribution in [0.25, 0.3) is 0 Å². The van der Waals surface area contributed by atoms with Crippen molar-refractivity contribution >= 4 is 0 Å². The van der Waals surface area contributed by atoms with Crippen LogP contribution in [0.4, 0.5) is 0 Å². The van der Waals surface area contributed by atoms with E-state index in [9.17, 15) is 0 Å². The minimum atomic E-state index is 0.719. The molecule has 3 heteroatoms. The molecule has 90 valence electrons. The number of rotatable bonds is 3. The molecule has 3 atom stereocenters. The Balaban J connectivity index is 2.00. The summed E-state index contributed by atoms with van der Waals surface area (Å²) >= 11 is 0. The molecular formula is C13H23N3. The highest BCUT2D eigenvalue weighted by Gasteiger charge is 2.27. The Labute approximate surface area is 98.0 Å². The van der Waals surface area contributed by atoms with Crippen LogP contribution in [0.3, 0.4) is 0 Å². The van der Waals surface area contributed by atoms with Crippen molar-refractivity contribution < 1.29 is 0 Å². The van der Waals surface area contributed by atoms with Crippen molar-refractivity contribution in [3.05, 3.63) is 18.0 Å². The number of aryl methyl sites for hydroxylation is 1. The number of hydrogen-bond acceptors (Lipinski definition) is 2. The minimum Gasteiger partial charge on any atom is -0.330 e. The summed E-state index contributed by atoms with van der Waals surface area (Å²) in [6, 6.07) is 0. The lowest BCUT2D eigenvalue weighted by Gasteiger charge is -2.34. The predicted molar refractivity (Wildman–Crippen MR) is 66.0 cm³/mol. The van der Waals surface area contributed by atoms with Crippen LogP contribution < -0.4 is 5.73 Å². The molecule has 0 aliphatic heterocycles. The van der Waals surface area contributed by atoms with E-state index in [0.717, 1.165) is 30.7 Å². The molecule has 1 aliphatic carbocycles. The molecule has 1 heterocycles. The average Bonchev–Trinajstić information content (AvgIpc) is 2.64. The van der Waals surface area contributed by atoms with E-state index in [-0.39, 0.29) is 0 Å². The fourth-order valence-corrected chi connectivity index (χ4v) is 3.00. The van der Waals surface area contributed by atoms with E-state index in [4.69, 9.17) is 5.73 Å². The first kappa shape index (κ1) is 11.6. The van der Waals surface area contributed by atoms with Gasteiger partial charge in [-0.25, -0.2) is 0 Å². The molecule has 0 bridgehead atoms. The lowest BCUT2D eigenvalue weighted by molar-refractivity contribution is 0.193. The van der Waals surface area contributed by atoms with Crippen LogP contribution >= 0.6 is 0 Å². The third-order valence-electron chi connectivity index (χ3n) is 3.96. The highest BCUT2D eigenvalue weighted by atomic mass is 15.2. The van der Waals surface area contributed by atoms with Crippen molar-refractivity contribution in [2.45, 2.75) is 32.6 Å². The first-order valence-corrected chi connectivity index (χ1v) is 6.36. The summed E-state index contributed by atoms with van der Waals surface area (Å²) in [5, 5.41) is 4.24. The number of nitrogens with two attached hydrogens (primary N) is 1. The lowest BCUT2D eigenvalue weighted by Crippen LogP contribution is -2.30. The van der Waals surface area contributed by atoms with Crippen LogP contribution in [0.15, 0.2) is 12.4 Å². The molecular weight excluding hydrogens is 198 g/mol. The van der Waals surface area contributed by atoms with Crippen LogP contribution in [0.5, 0.6) is 0 Å². The molecule has 1 aromatic heterocycles. The van der Waals surface area contributed by atoms with Gasteiger partial charge in [0, 0.05) is 13.2 Å². The summed E-state index contributed by atoms with van der Waals surface area (Å²) in [5.74, 6) is 2.35. The molecule has 3 unspecified atom stereocenters. The van der Waals surface area contributed by atoms with Gasteiger partial charge in [-0.3, -0.25) is 4.68 Å². The number of nitrogens with zero attached hydrogens (tertiary/aromatic N) is 2. The van der Waals surface area contributed by atoms with Gasteiger partial charge in [0.25, 0.3) is 0 Å². The molecule has 1 fully saturated rings. The average molecular weight is 221 g/mol.